The van der Waals surface area contributed by atoms with Gasteiger partial charge >= 0.3 is 0 Å². The first-order chi connectivity index (χ1) is 9.99. The Morgan fingerprint density at radius 1 is 1.24 bits per heavy atom. The van der Waals surface area contributed by atoms with Gasteiger partial charge in [0.15, 0.2) is 0 Å². The summed E-state index contributed by atoms with van der Waals surface area (Å²) in [5.41, 5.74) is 2.95. The molecule has 2 aromatic heterocycles. The molecule has 0 saturated carbocycles. The maximum Gasteiger partial charge on any atom is 0.222 e. The second kappa shape index (κ2) is 6.89. The van der Waals surface area contributed by atoms with Crippen LogP contribution >= 0.6 is 15.9 Å². The minimum atomic E-state index is 0.0166. The largest absolute Gasteiger partial charge is 0.352 e. The lowest BCUT2D eigenvalue weighted by Gasteiger charge is -2.04. The Labute approximate surface area is 132 Å². The van der Waals surface area contributed by atoms with Gasteiger partial charge in [0.05, 0.1) is 15.9 Å². The summed E-state index contributed by atoms with van der Waals surface area (Å²) < 4.78 is 4.62. The van der Waals surface area contributed by atoms with Gasteiger partial charge in [-0.3, -0.25) is 14.2 Å². The summed E-state index contributed by atoms with van der Waals surface area (Å²) >= 11 is 3.41. The predicted molar refractivity (Wildman–Crippen MR) is 83.8 cm³/mol. The Kier molecular flexibility index (Phi) is 5.17. The number of nitrogens with zero attached hydrogens (tertiary/aromatic N) is 4. The van der Waals surface area contributed by atoms with Gasteiger partial charge in [-0.2, -0.15) is 10.2 Å². The van der Waals surface area contributed by atoms with Crippen LogP contribution in [0.5, 0.6) is 0 Å². The Bertz CT molecular complexity index is 612. The monoisotopic (exact) mass is 353 g/mol. The first-order valence-corrected chi connectivity index (χ1v) is 7.78. The van der Waals surface area contributed by atoms with Gasteiger partial charge in [0, 0.05) is 44.0 Å². The maximum absolute atomic E-state index is 11.9. The summed E-state index contributed by atoms with van der Waals surface area (Å²) in [7, 11) is 0. The minimum Gasteiger partial charge on any atom is -0.352 e. The van der Waals surface area contributed by atoms with Crippen LogP contribution in [-0.2, 0) is 24.4 Å². The lowest BCUT2D eigenvalue weighted by molar-refractivity contribution is -0.121. The highest BCUT2D eigenvalue weighted by Gasteiger charge is 2.08. The lowest BCUT2D eigenvalue weighted by atomic mass is 10.2. The van der Waals surface area contributed by atoms with E-state index in [1.54, 1.807) is 4.68 Å². The van der Waals surface area contributed by atoms with Crippen molar-refractivity contribution < 1.29 is 4.79 Å². The van der Waals surface area contributed by atoms with Gasteiger partial charge in [-0.15, -0.1) is 0 Å². The molecule has 21 heavy (non-hydrogen) atoms. The molecule has 1 amide bonds. The summed E-state index contributed by atoms with van der Waals surface area (Å²) in [6, 6.07) is 0. The zero-order chi connectivity index (χ0) is 15.4. The summed E-state index contributed by atoms with van der Waals surface area (Å²) in [5.74, 6) is 0.0166. The van der Waals surface area contributed by atoms with Gasteiger partial charge in [-0.1, -0.05) is 0 Å². The third kappa shape index (κ3) is 4.17. The molecule has 0 aromatic carbocycles. The maximum atomic E-state index is 11.9. The third-order valence-electron chi connectivity index (χ3n) is 3.30. The summed E-state index contributed by atoms with van der Waals surface area (Å²) in [4.78, 5) is 11.9. The molecule has 2 heterocycles. The van der Waals surface area contributed by atoms with Crippen molar-refractivity contribution in [1.82, 2.24) is 24.9 Å². The zero-order valence-electron chi connectivity index (χ0n) is 12.6. The standard InChI is InChI=1S/C14H20BrN5O/c1-4-19-8-12(10(2)17-19)7-16-14(21)5-6-20-9-13(15)11(3)18-20/h8-9H,4-7H2,1-3H3,(H,16,21). The molecule has 0 spiro atoms. The van der Waals surface area contributed by atoms with Crippen LogP contribution in [0.2, 0.25) is 0 Å². The van der Waals surface area contributed by atoms with Gasteiger partial charge in [0.25, 0.3) is 0 Å². The second-order valence-corrected chi connectivity index (χ2v) is 5.80. The summed E-state index contributed by atoms with van der Waals surface area (Å²) in [6.45, 7) is 7.85. The molecule has 0 aliphatic carbocycles. The highest BCUT2D eigenvalue weighted by molar-refractivity contribution is 9.10. The Hall–Kier alpha value is -1.63. The molecular formula is C14H20BrN5O. The first kappa shape index (κ1) is 15.8. The normalized spacial score (nSPS) is 10.9. The van der Waals surface area contributed by atoms with E-state index in [1.165, 1.54) is 0 Å². The van der Waals surface area contributed by atoms with Crippen LogP contribution in [0.4, 0.5) is 0 Å². The fourth-order valence-electron chi connectivity index (χ4n) is 2.00. The predicted octanol–water partition coefficient (Wildman–Crippen LogP) is 2.19. The second-order valence-electron chi connectivity index (χ2n) is 4.95. The average molecular weight is 354 g/mol. The molecule has 0 radical (unpaired) electrons. The van der Waals surface area contributed by atoms with Crippen molar-refractivity contribution in [2.45, 2.75) is 46.8 Å². The van der Waals surface area contributed by atoms with E-state index in [9.17, 15) is 4.79 Å². The van der Waals surface area contributed by atoms with Gasteiger partial charge in [-0.05, 0) is 36.7 Å². The molecule has 6 nitrogen and oxygen atoms in total. The molecule has 0 saturated heterocycles. The Morgan fingerprint density at radius 2 is 1.95 bits per heavy atom. The van der Waals surface area contributed by atoms with Crippen LogP contribution in [0.25, 0.3) is 0 Å². The van der Waals surface area contributed by atoms with Crippen LogP contribution in [0, 0.1) is 13.8 Å². The molecule has 0 aliphatic rings. The number of rotatable bonds is 6. The molecule has 2 aromatic rings. The molecule has 0 fully saturated rings. The highest BCUT2D eigenvalue weighted by Crippen LogP contribution is 2.13. The fraction of sp³-hybridized carbons (Fsp3) is 0.500. The number of nitrogens with one attached hydrogen (secondary N) is 1. The smallest absolute Gasteiger partial charge is 0.222 e. The number of amides is 1. The van der Waals surface area contributed by atoms with E-state index in [2.05, 4.69) is 31.4 Å². The summed E-state index contributed by atoms with van der Waals surface area (Å²) in [6.07, 6.45) is 4.27. The molecule has 0 atom stereocenters. The number of halogens is 1. The lowest BCUT2D eigenvalue weighted by Crippen LogP contribution is -2.24. The van der Waals surface area contributed by atoms with E-state index in [-0.39, 0.29) is 5.91 Å². The zero-order valence-corrected chi connectivity index (χ0v) is 14.1. The number of carbonyl (C=O) groups is 1. The van der Waals surface area contributed by atoms with Crippen LogP contribution in [-0.4, -0.2) is 25.5 Å². The van der Waals surface area contributed by atoms with Crippen molar-refractivity contribution in [3.8, 4) is 0 Å². The molecule has 1 N–H and O–H groups in total. The van der Waals surface area contributed by atoms with Crippen molar-refractivity contribution in [1.29, 1.82) is 0 Å². The van der Waals surface area contributed by atoms with Gasteiger partial charge in [0.1, 0.15) is 0 Å². The van der Waals surface area contributed by atoms with E-state index < -0.39 is 0 Å². The number of aromatic nitrogens is 4. The van der Waals surface area contributed by atoms with Crippen LogP contribution < -0.4 is 5.32 Å². The molecular weight excluding hydrogens is 334 g/mol. The van der Waals surface area contributed by atoms with E-state index in [0.29, 0.717) is 19.5 Å². The highest BCUT2D eigenvalue weighted by atomic mass is 79.9. The summed E-state index contributed by atoms with van der Waals surface area (Å²) in [5, 5.41) is 11.6. The van der Waals surface area contributed by atoms with Crippen molar-refractivity contribution in [2.75, 3.05) is 0 Å². The SMILES string of the molecule is CCn1cc(CNC(=O)CCn2cc(Br)c(C)n2)c(C)n1. The molecule has 0 bridgehead atoms. The van der Waals surface area contributed by atoms with Crippen LogP contribution in [0.15, 0.2) is 16.9 Å². The van der Waals surface area contributed by atoms with Crippen LogP contribution in [0.3, 0.4) is 0 Å². The Balaban J connectivity index is 1.80. The first-order valence-electron chi connectivity index (χ1n) is 6.98. The minimum absolute atomic E-state index is 0.0166. The van der Waals surface area contributed by atoms with Gasteiger partial charge in [0.2, 0.25) is 5.91 Å². The quantitative estimate of drug-likeness (QED) is 0.865. The van der Waals surface area contributed by atoms with E-state index in [4.69, 9.17) is 0 Å². The average Bonchev–Trinajstić information content (AvgIpc) is 2.97. The number of carbonyl (C=O) groups excluding carboxylic acids is 1. The molecule has 7 heteroatoms. The fourth-order valence-corrected chi connectivity index (χ4v) is 2.32. The van der Waals surface area contributed by atoms with E-state index in [0.717, 1.165) is 28.0 Å². The van der Waals surface area contributed by atoms with Crippen molar-refractivity contribution in [3.63, 3.8) is 0 Å². The number of aryl methyl sites for hydroxylation is 4. The molecule has 2 rings (SSSR count). The Morgan fingerprint density at radius 3 is 2.52 bits per heavy atom. The topological polar surface area (TPSA) is 64.7 Å². The van der Waals surface area contributed by atoms with Gasteiger partial charge < -0.3 is 5.32 Å². The molecule has 0 aliphatic heterocycles. The van der Waals surface area contributed by atoms with Crippen molar-refractivity contribution in [2.24, 2.45) is 0 Å². The van der Waals surface area contributed by atoms with Crippen LogP contribution in [0.1, 0.15) is 30.3 Å². The molecule has 114 valence electrons. The number of hydrogen-bond acceptors (Lipinski definition) is 3. The van der Waals surface area contributed by atoms with Gasteiger partial charge in [-0.25, -0.2) is 0 Å². The van der Waals surface area contributed by atoms with Crippen molar-refractivity contribution >= 4 is 21.8 Å². The van der Waals surface area contributed by atoms with Crippen molar-refractivity contribution in [3.05, 3.63) is 33.8 Å². The van der Waals surface area contributed by atoms with E-state index in [1.807, 2.05) is 37.8 Å². The molecule has 0 unspecified atom stereocenters. The van der Waals surface area contributed by atoms with E-state index >= 15 is 0 Å². The number of hydrogen-bond donors (Lipinski definition) is 1. The third-order valence-corrected chi connectivity index (χ3v) is 4.08.